The first-order chi connectivity index (χ1) is 6.74. The van der Waals surface area contributed by atoms with Crippen LogP contribution in [0.5, 0.6) is 0 Å². The molecular weight excluding hydrogens is 182 g/mol. The van der Waals surface area contributed by atoms with Gasteiger partial charge in [0.25, 0.3) is 5.56 Å². The Morgan fingerprint density at radius 3 is 3.14 bits per heavy atom. The topological polar surface area (TPSA) is 59.2 Å². The number of H-pyrrole nitrogens is 1. The second-order valence-corrected chi connectivity index (χ2v) is 3.35. The molecule has 0 saturated heterocycles. The third kappa shape index (κ3) is 1.28. The molecule has 0 saturated carbocycles. The summed E-state index contributed by atoms with van der Waals surface area (Å²) >= 11 is 0. The number of rotatable bonds is 1. The third-order valence-corrected chi connectivity index (χ3v) is 2.55. The zero-order valence-electron chi connectivity index (χ0n) is 7.87. The molecule has 0 amide bonds. The standard InChI is InChI=1S/C10H11NO3/c1-6-8-4-11-10(13)9(5-12)7(8)2-3-14-6/h4-6H,2-3H2,1H3,(H,11,13). The van der Waals surface area contributed by atoms with Crippen LogP contribution in [0.25, 0.3) is 0 Å². The van der Waals surface area contributed by atoms with Gasteiger partial charge in [-0.05, 0) is 18.9 Å². The van der Waals surface area contributed by atoms with Crippen molar-refractivity contribution in [2.24, 2.45) is 0 Å². The monoisotopic (exact) mass is 193 g/mol. The molecule has 0 bridgehead atoms. The number of nitrogens with one attached hydrogen (secondary N) is 1. The zero-order chi connectivity index (χ0) is 10.1. The Bertz CT molecular complexity index is 422. The van der Waals surface area contributed by atoms with Crippen molar-refractivity contribution in [1.82, 2.24) is 4.98 Å². The van der Waals surface area contributed by atoms with Crippen molar-refractivity contribution >= 4 is 6.29 Å². The molecule has 1 unspecified atom stereocenters. The molecule has 4 heteroatoms. The lowest BCUT2D eigenvalue weighted by molar-refractivity contribution is 0.0549. The van der Waals surface area contributed by atoms with Crippen molar-refractivity contribution in [1.29, 1.82) is 0 Å². The molecule has 4 nitrogen and oxygen atoms in total. The average Bonchev–Trinajstić information content (AvgIpc) is 2.18. The lowest BCUT2D eigenvalue weighted by Gasteiger charge is -2.23. The third-order valence-electron chi connectivity index (χ3n) is 2.55. The molecule has 14 heavy (non-hydrogen) atoms. The number of ether oxygens (including phenoxy) is 1. The highest BCUT2D eigenvalue weighted by atomic mass is 16.5. The number of hydrogen-bond donors (Lipinski definition) is 1. The maximum Gasteiger partial charge on any atom is 0.258 e. The molecule has 0 fully saturated rings. The molecule has 2 heterocycles. The largest absolute Gasteiger partial charge is 0.373 e. The van der Waals surface area contributed by atoms with Crippen LogP contribution in [0.1, 0.15) is 34.5 Å². The first kappa shape index (κ1) is 9.15. The van der Waals surface area contributed by atoms with Gasteiger partial charge in [0, 0.05) is 11.8 Å². The zero-order valence-corrected chi connectivity index (χ0v) is 7.87. The van der Waals surface area contributed by atoms with Crippen LogP contribution in [-0.4, -0.2) is 17.9 Å². The molecule has 1 N–H and O–H groups in total. The predicted molar refractivity (Wildman–Crippen MR) is 50.5 cm³/mol. The van der Waals surface area contributed by atoms with E-state index in [-0.39, 0.29) is 17.2 Å². The van der Waals surface area contributed by atoms with Crippen LogP contribution in [0.3, 0.4) is 0 Å². The molecule has 0 radical (unpaired) electrons. The number of aromatic amines is 1. The Hall–Kier alpha value is -1.42. The summed E-state index contributed by atoms with van der Waals surface area (Å²) in [6.45, 7) is 2.48. The molecule has 1 aliphatic rings. The maximum absolute atomic E-state index is 11.3. The highest BCUT2D eigenvalue weighted by molar-refractivity contribution is 5.77. The SMILES string of the molecule is CC1OCCc2c1c[nH]c(=O)c2C=O. The lowest BCUT2D eigenvalue weighted by Crippen LogP contribution is -2.23. The molecule has 2 rings (SSSR count). The Morgan fingerprint density at radius 1 is 1.64 bits per heavy atom. The van der Waals surface area contributed by atoms with Crippen LogP contribution in [-0.2, 0) is 11.2 Å². The number of carbonyl (C=O) groups is 1. The molecule has 1 aromatic rings. The van der Waals surface area contributed by atoms with Gasteiger partial charge in [-0.2, -0.15) is 0 Å². The van der Waals surface area contributed by atoms with E-state index in [4.69, 9.17) is 4.74 Å². The summed E-state index contributed by atoms with van der Waals surface area (Å²) in [7, 11) is 0. The molecule has 0 aliphatic carbocycles. The van der Waals surface area contributed by atoms with Gasteiger partial charge in [0.05, 0.1) is 18.3 Å². The smallest absolute Gasteiger partial charge is 0.258 e. The van der Waals surface area contributed by atoms with E-state index in [2.05, 4.69) is 4.98 Å². The minimum Gasteiger partial charge on any atom is -0.373 e. The van der Waals surface area contributed by atoms with Gasteiger partial charge < -0.3 is 9.72 Å². The Kier molecular flexibility index (Phi) is 2.21. The Balaban J connectivity index is 2.67. The fourth-order valence-corrected chi connectivity index (χ4v) is 1.79. The number of hydrogen-bond acceptors (Lipinski definition) is 3. The summed E-state index contributed by atoms with van der Waals surface area (Å²) in [6, 6.07) is 0. The molecule has 1 aromatic heterocycles. The minimum absolute atomic E-state index is 0.0469. The van der Waals surface area contributed by atoms with E-state index in [9.17, 15) is 9.59 Å². The van der Waals surface area contributed by atoms with E-state index in [0.29, 0.717) is 19.3 Å². The van der Waals surface area contributed by atoms with Crippen molar-refractivity contribution in [3.8, 4) is 0 Å². The van der Waals surface area contributed by atoms with E-state index < -0.39 is 0 Å². The quantitative estimate of drug-likeness (QED) is 0.672. The summed E-state index contributed by atoms with van der Waals surface area (Å²) in [6.07, 6.45) is 2.84. The lowest BCUT2D eigenvalue weighted by atomic mass is 9.97. The van der Waals surface area contributed by atoms with E-state index in [1.54, 1.807) is 6.20 Å². The second-order valence-electron chi connectivity index (χ2n) is 3.35. The first-order valence-corrected chi connectivity index (χ1v) is 4.55. The fraction of sp³-hybridized carbons (Fsp3) is 0.400. The van der Waals surface area contributed by atoms with Crippen LogP contribution in [0, 0.1) is 0 Å². The minimum atomic E-state index is -0.312. The van der Waals surface area contributed by atoms with Crippen LogP contribution < -0.4 is 5.56 Å². The fourth-order valence-electron chi connectivity index (χ4n) is 1.79. The molecule has 1 aliphatic heterocycles. The van der Waals surface area contributed by atoms with Crippen LogP contribution in [0.15, 0.2) is 11.0 Å². The Labute approximate surface area is 80.9 Å². The maximum atomic E-state index is 11.3. The van der Waals surface area contributed by atoms with Crippen molar-refractivity contribution in [3.63, 3.8) is 0 Å². The van der Waals surface area contributed by atoms with Gasteiger partial charge in [0.1, 0.15) is 0 Å². The number of carbonyl (C=O) groups excluding carboxylic acids is 1. The van der Waals surface area contributed by atoms with Crippen LogP contribution >= 0.6 is 0 Å². The summed E-state index contributed by atoms with van der Waals surface area (Å²) in [5.74, 6) is 0. The van der Waals surface area contributed by atoms with Gasteiger partial charge in [-0.15, -0.1) is 0 Å². The predicted octanol–water partition coefficient (Wildman–Crippen LogP) is 0.821. The van der Waals surface area contributed by atoms with E-state index >= 15 is 0 Å². The van der Waals surface area contributed by atoms with Gasteiger partial charge in [-0.3, -0.25) is 9.59 Å². The van der Waals surface area contributed by atoms with Crippen molar-refractivity contribution in [2.75, 3.05) is 6.61 Å². The van der Waals surface area contributed by atoms with Gasteiger partial charge in [-0.25, -0.2) is 0 Å². The normalized spacial score (nSPS) is 20.2. The number of aldehydes is 1. The number of aromatic nitrogens is 1. The number of pyridine rings is 1. The summed E-state index contributed by atoms with van der Waals surface area (Å²) < 4.78 is 5.41. The molecule has 0 spiro atoms. The van der Waals surface area contributed by atoms with Gasteiger partial charge in [0.15, 0.2) is 6.29 Å². The summed E-state index contributed by atoms with van der Waals surface area (Å²) in [5.41, 5.74) is 1.69. The highest BCUT2D eigenvalue weighted by Gasteiger charge is 2.20. The van der Waals surface area contributed by atoms with Crippen LogP contribution in [0.4, 0.5) is 0 Å². The Morgan fingerprint density at radius 2 is 2.43 bits per heavy atom. The summed E-state index contributed by atoms with van der Waals surface area (Å²) in [5, 5.41) is 0. The molecular formula is C10H11NO3. The first-order valence-electron chi connectivity index (χ1n) is 4.55. The van der Waals surface area contributed by atoms with Crippen molar-refractivity contribution in [3.05, 3.63) is 33.2 Å². The van der Waals surface area contributed by atoms with Crippen molar-refractivity contribution < 1.29 is 9.53 Å². The molecule has 74 valence electrons. The van der Waals surface area contributed by atoms with Crippen molar-refractivity contribution in [2.45, 2.75) is 19.4 Å². The van der Waals surface area contributed by atoms with E-state index in [1.807, 2.05) is 6.92 Å². The number of fused-ring (bicyclic) bond motifs is 1. The molecule has 1 atom stereocenters. The van der Waals surface area contributed by atoms with E-state index in [1.165, 1.54) is 0 Å². The highest BCUT2D eigenvalue weighted by Crippen LogP contribution is 2.25. The molecule has 0 aromatic carbocycles. The van der Waals surface area contributed by atoms with Gasteiger partial charge >= 0.3 is 0 Å². The van der Waals surface area contributed by atoms with Crippen LogP contribution in [0.2, 0.25) is 0 Å². The van der Waals surface area contributed by atoms with Gasteiger partial charge in [0.2, 0.25) is 0 Å². The second kappa shape index (κ2) is 3.38. The van der Waals surface area contributed by atoms with Gasteiger partial charge in [-0.1, -0.05) is 0 Å². The average molecular weight is 193 g/mol. The van der Waals surface area contributed by atoms with E-state index in [0.717, 1.165) is 11.1 Å². The summed E-state index contributed by atoms with van der Waals surface area (Å²) in [4.78, 5) is 24.6.